The summed E-state index contributed by atoms with van der Waals surface area (Å²) in [7, 11) is 0. The first-order valence-corrected chi connectivity index (χ1v) is 13.6. The van der Waals surface area contributed by atoms with Gasteiger partial charge in [-0.25, -0.2) is 0 Å². The van der Waals surface area contributed by atoms with Gasteiger partial charge in [0.15, 0.2) is 0 Å². The molecule has 0 heterocycles. The smallest absolute Gasteiger partial charge is 0.0299 e. The first-order valence-electron chi connectivity index (χ1n) is 13.6. The molecule has 0 bridgehead atoms. The van der Waals surface area contributed by atoms with Crippen LogP contribution in [0, 0.1) is 81.3 Å². The highest BCUT2D eigenvalue weighted by molar-refractivity contribution is 5.28. The monoisotopic (exact) mass is 408 g/mol. The molecular formula is C30H48. The van der Waals surface area contributed by atoms with E-state index in [1.165, 1.54) is 57.8 Å². The van der Waals surface area contributed by atoms with Gasteiger partial charge in [0, 0.05) is 11.8 Å². The molecule has 0 spiro atoms. The predicted octanol–water partition coefficient (Wildman–Crippen LogP) is 8.21. The predicted molar refractivity (Wildman–Crippen MR) is 128 cm³/mol. The summed E-state index contributed by atoms with van der Waals surface area (Å²) in [6.07, 6.45) is 13.3. The fourth-order valence-electron chi connectivity index (χ4n) is 9.95. The van der Waals surface area contributed by atoms with Crippen molar-refractivity contribution in [3.8, 4) is 11.8 Å². The molecule has 30 heavy (non-hydrogen) atoms. The van der Waals surface area contributed by atoms with Crippen molar-refractivity contribution in [2.24, 2.45) is 69.5 Å². The molecule has 0 nitrogen and oxygen atoms in total. The largest absolute Gasteiger partial charge is 0.0987 e. The van der Waals surface area contributed by atoms with Gasteiger partial charge in [0.05, 0.1) is 0 Å². The minimum absolute atomic E-state index is 0.434. The Morgan fingerprint density at radius 1 is 0.800 bits per heavy atom. The van der Waals surface area contributed by atoms with E-state index in [0.29, 0.717) is 28.1 Å². The van der Waals surface area contributed by atoms with E-state index >= 15 is 0 Å². The maximum Gasteiger partial charge on any atom is 0.0299 e. The van der Waals surface area contributed by atoms with Crippen molar-refractivity contribution in [1.29, 1.82) is 0 Å². The van der Waals surface area contributed by atoms with E-state index in [0.717, 1.165) is 41.4 Å². The van der Waals surface area contributed by atoms with Gasteiger partial charge in [0.25, 0.3) is 0 Å². The standard InChI is InChI=1S/C30H48/c1-19(2)21(4)30(7)18-27(30)20(3)24-13-14-25-23-12-11-22-10-8-9-16-28(22,5)26(23)15-17-29(24,25)6/h19-27H,8-12,15-18H2,1-7H3/t20-,21+,22?,23-,24+,25-,26-,27+,28-,29+,30+/m0/s1. The van der Waals surface area contributed by atoms with Crippen LogP contribution in [-0.4, -0.2) is 0 Å². The van der Waals surface area contributed by atoms with Crippen LogP contribution in [0.25, 0.3) is 0 Å². The summed E-state index contributed by atoms with van der Waals surface area (Å²) in [5.41, 5.74) is 1.63. The van der Waals surface area contributed by atoms with Crippen LogP contribution in [0.2, 0.25) is 0 Å². The van der Waals surface area contributed by atoms with Crippen LogP contribution in [-0.2, 0) is 0 Å². The van der Waals surface area contributed by atoms with Crippen LogP contribution >= 0.6 is 0 Å². The van der Waals surface area contributed by atoms with Crippen LogP contribution in [0.3, 0.4) is 0 Å². The lowest BCUT2D eigenvalue weighted by Gasteiger charge is -2.60. The van der Waals surface area contributed by atoms with Crippen LogP contribution < -0.4 is 0 Å². The van der Waals surface area contributed by atoms with Crippen molar-refractivity contribution in [3.05, 3.63) is 0 Å². The topological polar surface area (TPSA) is 0 Å². The zero-order chi connectivity index (χ0) is 21.5. The average molecular weight is 409 g/mol. The molecule has 0 aliphatic heterocycles. The second-order valence-electron chi connectivity index (χ2n) is 13.8. The summed E-state index contributed by atoms with van der Waals surface area (Å²) in [6, 6.07) is 0. The number of fused-ring (bicyclic) bond motifs is 5. The molecule has 4 saturated carbocycles. The van der Waals surface area contributed by atoms with E-state index in [4.69, 9.17) is 0 Å². The fraction of sp³-hybridized carbons (Fsp3) is 0.933. The summed E-state index contributed by atoms with van der Waals surface area (Å²) in [5.74, 6) is 15.4. The summed E-state index contributed by atoms with van der Waals surface area (Å²) in [5, 5.41) is 0. The van der Waals surface area contributed by atoms with Gasteiger partial charge in [0.1, 0.15) is 0 Å². The second kappa shape index (κ2) is 7.03. The maximum absolute atomic E-state index is 3.95. The Bertz CT molecular complexity index is 737. The van der Waals surface area contributed by atoms with E-state index in [-0.39, 0.29) is 0 Å². The summed E-state index contributed by atoms with van der Waals surface area (Å²) >= 11 is 0. The lowest BCUT2D eigenvalue weighted by atomic mass is 9.44. The SMILES string of the molecule is CC(C)[C@@H](C)[C@@]1(C)C[C@@H]1[C@@H](C)[C@H]1C#C[C@H]2[C@@H]3CCC4CCCC[C@]4(C)[C@H]3CC[C@]12C. The molecule has 0 heteroatoms. The van der Waals surface area contributed by atoms with E-state index in [1.807, 2.05) is 0 Å². The molecule has 0 aromatic carbocycles. The van der Waals surface area contributed by atoms with E-state index in [9.17, 15) is 0 Å². The van der Waals surface area contributed by atoms with Crippen molar-refractivity contribution in [2.75, 3.05) is 0 Å². The molecule has 0 radical (unpaired) electrons. The quantitative estimate of drug-likeness (QED) is 0.411. The summed E-state index contributed by atoms with van der Waals surface area (Å²) in [6.45, 7) is 17.9. The fourth-order valence-corrected chi connectivity index (χ4v) is 9.95. The van der Waals surface area contributed by atoms with Gasteiger partial charge in [-0.15, -0.1) is 0 Å². The van der Waals surface area contributed by atoms with Gasteiger partial charge in [-0.05, 0) is 103 Å². The third kappa shape index (κ3) is 2.85. The van der Waals surface area contributed by atoms with Crippen LogP contribution in [0.1, 0.15) is 106 Å². The highest BCUT2D eigenvalue weighted by Gasteiger charge is 2.63. The second-order valence-corrected chi connectivity index (χ2v) is 13.8. The van der Waals surface area contributed by atoms with Gasteiger partial charge >= 0.3 is 0 Å². The Kier molecular flexibility index (Phi) is 5.01. The van der Waals surface area contributed by atoms with Crippen molar-refractivity contribution < 1.29 is 0 Å². The van der Waals surface area contributed by atoms with Gasteiger partial charge in [-0.1, -0.05) is 73.1 Å². The number of hydrogen-bond donors (Lipinski definition) is 0. The Hall–Kier alpha value is -0.440. The zero-order valence-corrected chi connectivity index (χ0v) is 21.1. The number of rotatable bonds is 4. The normalized spacial score (nSPS) is 53.7. The first kappa shape index (κ1) is 21.4. The third-order valence-corrected chi connectivity index (χ3v) is 12.4. The van der Waals surface area contributed by atoms with E-state index < -0.39 is 0 Å². The molecule has 0 saturated heterocycles. The lowest BCUT2D eigenvalue weighted by Crippen LogP contribution is -2.53. The van der Waals surface area contributed by atoms with Gasteiger partial charge in [0.2, 0.25) is 0 Å². The van der Waals surface area contributed by atoms with Crippen molar-refractivity contribution in [3.63, 3.8) is 0 Å². The zero-order valence-electron chi connectivity index (χ0n) is 21.1. The molecule has 0 N–H and O–H groups in total. The highest BCUT2D eigenvalue weighted by atomic mass is 14.7. The molecule has 0 aromatic rings. The molecule has 5 aliphatic rings. The maximum atomic E-state index is 3.95. The van der Waals surface area contributed by atoms with Gasteiger partial charge in [-0.2, -0.15) is 0 Å². The Labute approximate surface area is 187 Å². The molecular weight excluding hydrogens is 360 g/mol. The minimum Gasteiger partial charge on any atom is -0.0987 e. The molecule has 11 atom stereocenters. The van der Waals surface area contributed by atoms with Crippen LogP contribution in [0.5, 0.6) is 0 Å². The minimum atomic E-state index is 0.434. The molecule has 5 rings (SSSR count). The highest BCUT2D eigenvalue weighted by Crippen LogP contribution is 2.69. The van der Waals surface area contributed by atoms with E-state index in [2.05, 4.69) is 60.3 Å². The van der Waals surface area contributed by atoms with Gasteiger partial charge < -0.3 is 0 Å². The van der Waals surface area contributed by atoms with Gasteiger partial charge in [-0.3, -0.25) is 0 Å². The van der Waals surface area contributed by atoms with Crippen molar-refractivity contribution >= 4 is 0 Å². The van der Waals surface area contributed by atoms with Crippen molar-refractivity contribution in [1.82, 2.24) is 0 Å². The molecule has 4 fully saturated rings. The molecule has 1 unspecified atom stereocenters. The molecule has 168 valence electrons. The molecule has 5 aliphatic carbocycles. The number of hydrogen-bond acceptors (Lipinski definition) is 0. The Balaban J connectivity index is 1.35. The molecule has 0 aromatic heterocycles. The first-order chi connectivity index (χ1) is 14.1. The van der Waals surface area contributed by atoms with Crippen molar-refractivity contribution in [2.45, 2.75) is 106 Å². The lowest BCUT2D eigenvalue weighted by molar-refractivity contribution is -0.107. The summed E-state index contributed by atoms with van der Waals surface area (Å²) in [4.78, 5) is 0. The Morgan fingerprint density at radius 2 is 1.57 bits per heavy atom. The Morgan fingerprint density at radius 3 is 2.30 bits per heavy atom. The third-order valence-electron chi connectivity index (χ3n) is 12.4. The summed E-state index contributed by atoms with van der Waals surface area (Å²) < 4.78 is 0. The average Bonchev–Trinajstić information content (AvgIpc) is 3.28. The molecule has 0 amide bonds. The van der Waals surface area contributed by atoms with E-state index in [1.54, 1.807) is 0 Å². The van der Waals surface area contributed by atoms with Crippen LogP contribution in [0.4, 0.5) is 0 Å². The van der Waals surface area contributed by atoms with Crippen LogP contribution in [0.15, 0.2) is 0 Å².